The average Bonchev–Trinajstić information content (AvgIpc) is 2.52. The minimum Gasteiger partial charge on any atom is -0.496 e. The highest BCUT2D eigenvalue weighted by molar-refractivity contribution is 6.09. The topological polar surface area (TPSA) is 43.4 Å². The Bertz CT molecular complexity index is 714. The van der Waals surface area contributed by atoms with E-state index in [9.17, 15) is 9.59 Å². The van der Waals surface area contributed by atoms with E-state index in [0.29, 0.717) is 5.92 Å². The van der Waals surface area contributed by atoms with Crippen LogP contribution in [0.5, 0.6) is 5.75 Å². The molecule has 130 valence electrons. The Morgan fingerprint density at radius 1 is 1.12 bits per heavy atom. The first kappa shape index (κ1) is 17.2. The lowest BCUT2D eigenvalue weighted by Gasteiger charge is -2.52. The Kier molecular flexibility index (Phi) is 3.89. The van der Waals surface area contributed by atoms with Gasteiger partial charge in [-0.15, -0.1) is 0 Å². The molecule has 1 aromatic rings. The molecule has 0 aliphatic heterocycles. The summed E-state index contributed by atoms with van der Waals surface area (Å²) in [5.74, 6) is 1.44. The fourth-order valence-corrected chi connectivity index (χ4v) is 4.92. The zero-order valence-electron chi connectivity index (χ0n) is 15.7. The second-order valence-electron chi connectivity index (χ2n) is 8.44. The van der Waals surface area contributed by atoms with Crippen LogP contribution in [0.3, 0.4) is 0 Å². The molecule has 24 heavy (non-hydrogen) atoms. The molecule has 1 saturated carbocycles. The van der Waals surface area contributed by atoms with Crippen molar-refractivity contribution in [3.8, 4) is 5.75 Å². The summed E-state index contributed by atoms with van der Waals surface area (Å²) in [6, 6.07) is 4.29. The number of benzene rings is 1. The zero-order chi connectivity index (χ0) is 17.9. The van der Waals surface area contributed by atoms with Crippen LogP contribution in [0.15, 0.2) is 12.1 Å². The van der Waals surface area contributed by atoms with Gasteiger partial charge in [0.2, 0.25) is 0 Å². The van der Waals surface area contributed by atoms with Crippen molar-refractivity contribution in [1.29, 1.82) is 0 Å². The third-order valence-electron chi connectivity index (χ3n) is 6.53. The molecular formula is C21H28O3. The molecule has 1 aromatic carbocycles. The van der Waals surface area contributed by atoms with Crippen LogP contribution < -0.4 is 4.74 Å². The Hall–Kier alpha value is -1.64. The van der Waals surface area contributed by atoms with Gasteiger partial charge in [-0.1, -0.05) is 33.8 Å². The Morgan fingerprint density at radius 2 is 1.79 bits per heavy atom. The van der Waals surface area contributed by atoms with E-state index in [4.69, 9.17) is 4.74 Å². The van der Waals surface area contributed by atoms with Crippen molar-refractivity contribution in [2.75, 3.05) is 7.11 Å². The number of hydrogen-bond donors (Lipinski definition) is 0. The summed E-state index contributed by atoms with van der Waals surface area (Å²) >= 11 is 0. The van der Waals surface area contributed by atoms with Crippen molar-refractivity contribution < 1.29 is 14.3 Å². The molecule has 0 aromatic heterocycles. The molecule has 1 fully saturated rings. The van der Waals surface area contributed by atoms with Gasteiger partial charge in [0, 0.05) is 5.41 Å². The van der Waals surface area contributed by atoms with E-state index in [1.54, 1.807) is 7.11 Å². The van der Waals surface area contributed by atoms with Gasteiger partial charge in [-0.3, -0.25) is 9.59 Å². The van der Waals surface area contributed by atoms with Gasteiger partial charge in [0.15, 0.2) is 5.78 Å². The largest absolute Gasteiger partial charge is 0.496 e. The number of aryl methyl sites for hydroxylation is 1. The average molecular weight is 328 g/mol. The molecule has 0 saturated heterocycles. The molecule has 3 rings (SSSR count). The maximum absolute atomic E-state index is 13.0. The highest BCUT2D eigenvalue weighted by atomic mass is 16.5. The highest BCUT2D eigenvalue weighted by Gasteiger charge is 2.58. The van der Waals surface area contributed by atoms with Crippen molar-refractivity contribution in [3.63, 3.8) is 0 Å². The first-order chi connectivity index (χ1) is 11.1. The minimum atomic E-state index is -0.590. The van der Waals surface area contributed by atoms with E-state index in [1.165, 1.54) is 11.1 Å². The summed E-state index contributed by atoms with van der Waals surface area (Å²) in [5.41, 5.74) is 2.47. The molecule has 0 spiro atoms. The van der Waals surface area contributed by atoms with Crippen LogP contribution in [0.25, 0.3) is 0 Å². The van der Waals surface area contributed by atoms with Crippen LogP contribution in [0.1, 0.15) is 70.1 Å². The molecule has 0 amide bonds. The van der Waals surface area contributed by atoms with Crippen molar-refractivity contribution in [2.24, 2.45) is 11.3 Å². The van der Waals surface area contributed by atoms with E-state index in [-0.39, 0.29) is 23.9 Å². The Labute approximate surface area is 144 Å². The maximum atomic E-state index is 13.0. The fraction of sp³-hybridized carbons (Fsp3) is 0.619. The molecule has 0 radical (unpaired) electrons. The molecule has 0 N–H and O–H groups in total. The fourth-order valence-electron chi connectivity index (χ4n) is 4.92. The molecule has 0 heterocycles. The number of Topliss-reactive ketones (excluding diaryl/α,β-unsaturated/α-hetero) is 2. The third-order valence-corrected chi connectivity index (χ3v) is 6.53. The monoisotopic (exact) mass is 328 g/mol. The summed E-state index contributed by atoms with van der Waals surface area (Å²) in [4.78, 5) is 25.4. The number of carbonyl (C=O) groups is 2. The van der Waals surface area contributed by atoms with Crippen LogP contribution in [-0.2, 0) is 21.4 Å². The number of carbonyl (C=O) groups excluding carboxylic acids is 2. The quantitative estimate of drug-likeness (QED) is 0.764. The van der Waals surface area contributed by atoms with Gasteiger partial charge < -0.3 is 4.74 Å². The van der Waals surface area contributed by atoms with Gasteiger partial charge in [-0.25, -0.2) is 0 Å². The van der Waals surface area contributed by atoms with Crippen LogP contribution in [0.2, 0.25) is 0 Å². The van der Waals surface area contributed by atoms with E-state index in [0.717, 1.165) is 24.2 Å². The van der Waals surface area contributed by atoms with E-state index >= 15 is 0 Å². The lowest BCUT2D eigenvalue weighted by Crippen LogP contribution is -2.57. The van der Waals surface area contributed by atoms with E-state index < -0.39 is 10.8 Å². The number of fused-ring (bicyclic) bond motifs is 3. The van der Waals surface area contributed by atoms with Gasteiger partial charge in [-0.05, 0) is 54.4 Å². The van der Waals surface area contributed by atoms with Gasteiger partial charge in [0.05, 0.1) is 18.9 Å². The first-order valence-electron chi connectivity index (χ1n) is 8.91. The third kappa shape index (κ3) is 2.17. The molecule has 3 nitrogen and oxygen atoms in total. The summed E-state index contributed by atoms with van der Waals surface area (Å²) in [6.45, 7) is 10.4. The standard InChI is InChI=1S/C21H28O3/c1-12(2)14-9-13-7-8-17-20(3,4)18(22)11-19(23)21(17,5)15(13)10-16(14)24-6/h9-10,12,17H,7-8,11H2,1-6H3. The van der Waals surface area contributed by atoms with Gasteiger partial charge in [0.25, 0.3) is 0 Å². The Balaban J connectivity index is 2.22. The van der Waals surface area contributed by atoms with E-state index in [1.807, 2.05) is 20.8 Å². The molecule has 2 aliphatic rings. The predicted octanol–water partition coefficient (Wildman–Crippen LogP) is 4.21. The zero-order valence-corrected chi connectivity index (χ0v) is 15.7. The summed E-state index contributed by atoms with van der Waals surface area (Å²) in [6.07, 6.45) is 1.86. The van der Waals surface area contributed by atoms with Crippen LogP contribution in [-0.4, -0.2) is 18.7 Å². The van der Waals surface area contributed by atoms with Crippen molar-refractivity contribution in [2.45, 2.75) is 65.2 Å². The number of methoxy groups -OCH3 is 1. The lowest BCUT2D eigenvalue weighted by molar-refractivity contribution is -0.147. The molecular weight excluding hydrogens is 300 g/mol. The number of rotatable bonds is 2. The first-order valence-corrected chi connectivity index (χ1v) is 8.91. The number of ketones is 2. The normalized spacial score (nSPS) is 28.5. The summed E-state index contributed by atoms with van der Waals surface area (Å²) in [5, 5.41) is 0. The van der Waals surface area contributed by atoms with Gasteiger partial charge >= 0.3 is 0 Å². The van der Waals surface area contributed by atoms with Gasteiger partial charge in [-0.2, -0.15) is 0 Å². The SMILES string of the molecule is COc1cc2c(cc1C(C)C)CCC1C(C)(C)C(=O)CC(=O)C21C. The van der Waals surface area contributed by atoms with Crippen LogP contribution >= 0.6 is 0 Å². The predicted molar refractivity (Wildman–Crippen MR) is 94.7 cm³/mol. The van der Waals surface area contributed by atoms with Gasteiger partial charge in [0.1, 0.15) is 11.5 Å². The molecule has 3 heteroatoms. The van der Waals surface area contributed by atoms with Crippen molar-refractivity contribution >= 4 is 11.6 Å². The summed E-state index contributed by atoms with van der Waals surface area (Å²) in [7, 11) is 1.69. The highest BCUT2D eigenvalue weighted by Crippen LogP contribution is 2.55. The molecule has 2 aliphatic carbocycles. The van der Waals surface area contributed by atoms with Crippen molar-refractivity contribution in [3.05, 3.63) is 28.8 Å². The van der Waals surface area contributed by atoms with E-state index in [2.05, 4.69) is 26.0 Å². The van der Waals surface area contributed by atoms with Crippen LogP contribution in [0.4, 0.5) is 0 Å². The lowest BCUT2D eigenvalue weighted by atomic mass is 9.49. The molecule has 2 atom stereocenters. The smallest absolute Gasteiger partial charge is 0.150 e. The number of ether oxygens (including phenoxy) is 1. The molecule has 0 bridgehead atoms. The van der Waals surface area contributed by atoms with Crippen LogP contribution in [0, 0.1) is 11.3 Å². The second-order valence-corrected chi connectivity index (χ2v) is 8.44. The maximum Gasteiger partial charge on any atom is 0.150 e. The second kappa shape index (κ2) is 5.44. The minimum absolute atomic E-state index is 0.0493. The van der Waals surface area contributed by atoms with Crippen molar-refractivity contribution in [1.82, 2.24) is 0 Å². The summed E-state index contributed by atoms with van der Waals surface area (Å²) < 4.78 is 5.63. The molecule has 2 unspecified atom stereocenters. The Morgan fingerprint density at radius 3 is 2.38 bits per heavy atom. The number of hydrogen-bond acceptors (Lipinski definition) is 3.